The van der Waals surface area contributed by atoms with Gasteiger partial charge in [0.05, 0.1) is 18.5 Å². The topological polar surface area (TPSA) is 50.3 Å². The minimum absolute atomic E-state index is 0.726. The first-order valence-corrected chi connectivity index (χ1v) is 6.66. The molecule has 5 heteroatoms. The van der Waals surface area contributed by atoms with Crippen molar-refractivity contribution in [2.75, 3.05) is 37.7 Å². The van der Waals surface area contributed by atoms with Gasteiger partial charge in [0.1, 0.15) is 5.82 Å². The number of nitrogens with zero attached hydrogens (tertiary/aromatic N) is 3. The molecule has 0 aromatic carbocycles. The average Bonchev–Trinajstić information content (AvgIpc) is 2.42. The van der Waals surface area contributed by atoms with Crippen LogP contribution in [-0.4, -0.2) is 42.8 Å². The van der Waals surface area contributed by atoms with Crippen molar-refractivity contribution in [2.45, 2.75) is 27.3 Å². The second kappa shape index (κ2) is 8.83. The van der Waals surface area contributed by atoms with E-state index in [0.717, 1.165) is 50.9 Å². The first-order chi connectivity index (χ1) is 8.81. The molecule has 18 heavy (non-hydrogen) atoms. The van der Waals surface area contributed by atoms with Gasteiger partial charge in [-0.2, -0.15) is 0 Å². The standard InChI is InChI=1S/C13H24N4O/c1-4-14-9-12-10-15-11-13(16-12)17(5-2)7-8-18-6-3/h10-11,14H,4-9H2,1-3H3. The lowest BCUT2D eigenvalue weighted by atomic mass is 10.4. The highest BCUT2D eigenvalue weighted by molar-refractivity contribution is 5.36. The summed E-state index contributed by atoms with van der Waals surface area (Å²) in [5, 5.41) is 3.26. The van der Waals surface area contributed by atoms with E-state index in [1.54, 1.807) is 0 Å². The van der Waals surface area contributed by atoms with E-state index in [-0.39, 0.29) is 0 Å². The number of hydrogen-bond donors (Lipinski definition) is 1. The molecule has 0 amide bonds. The van der Waals surface area contributed by atoms with Gasteiger partial charge in [0, 0.05) is 32.4 Å². The number of ether oxygens (including phenoxy) is 1. The Morgan fingerprint density at radius 3 is 2.78 bits per heavy atom. The molecule has 0 atom stereocenters. The molecule has 0 bridgehead atoms. The Labute approximate surface area is 110 Å². The molecule has 1 rings (SSSR count). The Kier molecular flexibility index (Phi) is 7.29. The van der Waals surface area contributed by atoms with Gasteiger partial charge in [-0.05, 0) is 20.4 Å². The summed E-state index contributed by atoms with van der Waals surface area (Å²) in [5.41, 5.74) is 0.976. The lowest BCUT2D eigenvalue weighted by Crippen LogP contribution is -2.28. The van der Waals surface area contributed by atoms with Crippen LogP contribution in [0.15, 0.2) is 12.4 Å². The van der Waals surface area contributed by atoms with Crippen LogP contribution in [0.1, 0.15) is 26.5 Å². The van der Waals surface area contributed by atoms with Gasteiger partial charge in [0.25, 0.3) is 0 Å². The van der Waals surface area contributed by atoms with Gasteiger partial charge in [-0.3, -0.25) is 4.98 Å². The summed E-state index contributed by atoms with van der Waals surface area (Å²) >= 11 is 0. The van der Waals surface area contributed by atoms with Gasteiger partial charge in [0.2, 0.25) is 0 Å². The van der Waals surface area contributed by atoms with Gasteiger partial charge >= 0.3 is 0 Å². The fourth-order valence-electron chi connectivity index (χ4n) is 1.64. The van der Waals surface area contributed by atoms with Crippen LogP contribution in [-0.2, 0) is 11.3 Å². The number of aromatic nitrogens is 2. The Bertz CT molecular complexity index is 333. The highest BCUT2D eigenvalue weighted by Crippen LogP contribution is 2.09. The molecule has 0 fully saturated rings. The van der Waals surface area contributed by atoms with Crippen LogP contribution in [0.2, 0.25) is 0 Å². The largest absolute Gasteiger partial charge is 0.380 e. The predicted molar refractivity (Wildman–Crippen MR) is 73.8 cm³/mol. The number of anilines is 1. The third kappa shape index (κ3) is 4.98. The second-order valence-electron chi connectivity index (χ2n) is 3.93. The molecule has 1 N–H and O–H groups in total. The van der Waals surface area contributed by atoms with Crippen molar-refractivity contribution in [2.24, 2.45) is 0 Å². The quantitative estimate of drug-likeness (QED) is 0.674. The van der Waals surface area contributed by atoms with Crippen molar-refractivity contribution in [3.05, 3.63) is 18.1 Å². The third-order valence-electron chi connectivity index (χ3n) is 2.64. The molecular formula is C13H24N4O. The third-order valence-corrected chi connectivity index (χ3v) is 2.64. The number of nitrogens with one attached hydrogen (secondary N) is 1. The fraction of sp³-hybridized carbons (Fsp3) is 0.692. The molecule has 0 radical (unpaired) electrons. The van der Waals surface area contributed by atoms with Crippen LogP contribution in [0.25, 0.3) is 0 Å². The molecule has 102 valence electrons. The Morgan fingerprint density at radius 1 is 1.28 bits per heavy atom. The van der Waals surface area contributed by atoms with Crippen LogP contribution in [0.5, 0.6) is 0 Å². The lowest BCUT2D eigenvalue weighted by molar-refractivity contribution is 0.154. The first kappa shape index (κ1) is 14.9. The van der Waals surface area contributed by atoms with Crippen LogP contribution < -0.4 is 10.2 Å². The minimum atomic E-state index is 0.726. The fourth-order valence-corrected chi connectivity index (χ4v) is 1.64. The van der Waals surface area contributed by atoms with E-state index in [1.807, 2.05) is 19.3 Å². The molecule has 5 nitrogen and oxygen atoms in total. The summed E-state index contributed by atoms with van der Waals surface area (Å²) in [4.78, 5) is 11.0. The van der Waals surface area contributed by atoms with Crippen LogP contribution in [0.3, 0.4) is 0 Å². The van der Waals surface area contributed by atoms with Crippen molar-refractivity contribution in [3.8, 4) is 0 Å². The van der Waals surface area contributed by atoms with Crippen LogP contribution in [0.4, 0.5) is 5.82 Å². The summed E-state index contributed by atoms with van der Waals surface area (Å²) < 4.78 is 5.38. The maximum Gasteiger partial charge on any atom is 0.147 e. The molecule has 0 unspecified atom stereocenters. The first-order valence-electron chi connectivity index (χ1n) is 6.66. The maximum absolute atomic E-state index is 5.38. The monoisotopic (exact) mass is 252 g/mol. The summed E-state index contributed by atoms with van der Waals surface area (Å²) in [6.45, 7) is 11.1. The summed E-state index contributed by atoms with van der Waals surface area (Å²) in [6, 6.07) is 0. The van der Waals surface area contributed by atoms with E-state index in [0.29, 0.717) is 0 Å². The molecule has 1 aromatic rings. The number of hydrogen-bond acceptors (Lipinski definition) is 5. The van der Waals surface area contributed by atoms with Gasteiger partial charge in [-0.15, -0.1) is 0 Å². The van der Waals surface area contributed by atoms with E-state index in [4.69, 9.17) is 4.74 Å². The summed E-state index contributed by atoms with van der Waals surface area (Å²) in [5.74, 6) is 0.924. The molecule has 1 heterocycles. The van der Waals surface area contributed by atoms with E-state index in [9.17, 15) is 0 Å². The van der Waals surface area contributed by atoms with Crippen LogP contribution in [0, 0.1) is 0 Å². The molecule has 0 spiro atoms. The van der Waals surface area contributed by atoms with Gasteiger partial charge in [-0.1, -0.05) is 6.92 Å². The number of likely N-dealkylation sites (N-methyl/N-ethyl adjacent to an activating group) is 1. The zero-order valence-corrected chi connectivity index (χ0v) is 11.6. The Hall–Kier alpha value is -1.20. The van der Waals surface area contributed by atoms with Gasteiger partial charge in [-0.25, -0.2) is 4.98 Å². The van der Waals surface area contributed by atoms with E-state index in [2.05, 4.69) is 34.0 Å². The molecule has 0 saturated heterocycles. The van der Waals surface area contributed by atoms with Crippen LogP contribution >= 0.6 is 0 Å². The zero-order valence-electron chi connectivity index (χ0n) is 11.6. The summed E-state index contributed by atoms with van der Waals surface area (Å²) in [7, 11) is 0. The second-order valence-corrected chi connectivity index (χ2v) is 3.93. The van der Waals surface area contributed by atoms with Crippen molar-refractivity contribution in [3.63, 3.8) is 0 Å². The van der Waals surface area contributed by atoms with Crippen molar-refractivity contribution >= 4 is 5.82 Å². The molecular weight excluding hydrogens is 228 g/mol. The van der Waals surface area contributed by atoms with Crippen molar-refractivity contribution in [1.29, 1.82) is 0 Å². The molecule has 0 saturated carbocycles. The molecule has 0 aliphatic rings. The number of rotatable bonds is 9. The van der Waals surface area contributed by atoms with E-state index in [1.165, 1.54) is 0 Å². The molecule has 0 aliphatic carbocycles. The Morgan fingerprint density at radius 2 is 2.11 bits per heavy atom. The predicted octanol–water partition coefficient (Wildman–Crippen LogP) is 1.45. The minimum Gasteiger partial charge on any atom is -0.380 e. The normalized spacial score (nSPS) is 10.6. The smallest absolute Gasteiger partial charge is 0.147 e. The van der Waals surface area contributed by atoms with Crippen molar-refractivity contribution in [1.82, 2.24) is 15.3 Å². The highest BCUT2D eigenvalue weighted by atomic mass is 16.5. The van der Waals surface area contributed by atoms with E-state index >= 15 is 0 Å². The van der Waals surface area contributed by atoms with E-state index < -0.39 is 0 Å². The molecule has 0 aliphatic heterocycles. The zero-order chi connectivity index (χ0) is 13.2. The Balaban J connectivity index is 2.60. The highest BCUT2D eigenvalue weighted by Gasteiger charge is 2.06. The average molecular weight is 252 g/mol. The SMILES string of the molecule is CCNCc1cncc(N(CC)CCOCC)n1. The lowest BCUT2D eigenvalue weighted by Gasteiger charge is -2.21. The maximum atomic E-state index is 5.38. The summed E-state index contributed by atoms with van der Waals surface area (Å²) in [6.07, 6.45) is 3.62. The van der Waals surface area contributed by atoms with Gasteiger partial charge < -0.3 is 15.0 Å². The van der Waals surface area contributed by atoms with Gasteiger partial charge in [0.15, 0.2) is 0 Å². The van der Waals surface area contributed by atoms with Crippen molar-refractivity contribution < 1.29 is 4.74 Å². The molecule has 1 aromatic heterocycles.